The van der Waals surface area contributed by atoms with Crippen molar-refractivity contribution in [3.8, 4) is 0 Å². The number of halogens is 1. The Labute approximate surface area is 212 Å². The summed E-state index contributed by atoms with van der Waals surface area (Å²) >= 11 is 1.46. The van der Waals surface area contributed by atoms with Crippen molar-refractivity contribution in [3.05, 3.63) is 62.6 Å². The van der Waals surface area contributed by atoms with E-state index in [1.165, 1.54) is 17.4 Å². The molecule has 1 aromatic heterocycles. The molecule has 2 aromatic rings. The summed E-state index contributed by atoms with van der Waals surface area (Å²) in [7, 11) is 0. The lowest BCUT2D eigenvalue weighted by Crippen LogP contribution is -2.34. The maximum atomic E-state index is 14.2. The molecule has 1 N–H and O–H groups in total. The minimum atomic E-state index is -0.713. The number of ketones is 1. The zero-order valence-electron chi connectivity index (χ0n) is 21.3. The first-order valence-corrected chi connectivity index (χ1v) is 13.5. The van der Waals surface area contributed by atoms with Gasteiger partial charge in [-0.3, -0.25) is 9.59 Å². The summed E-state index contributed by atoms with van der Waals surface area (Å²) < 4.78 is 14.2. The van der Waals surface area contributed by atoms with Crippen molar-refractivity contribution >= 4 is 28.8 Å². The Hall–Kier alpha value is -2.51. The molecule has 2 heterocycles. The molecule has 1 aliphatic rings. The standard InChI is InChI=1S/C28H37FN2O3S/c1-5-7-13-30(14-8-6-2)15-9-16-31-24(27-20(4)12-17-35-27)23(26(33)28(31)34)25(32)21-11-10-19(3)22(29)18-21/h10-12,17-18,24,32H,5-9,13-16H2,1-4H3/t24-/m0/s1. The third kappa shape index (κ3) is 6.19. The van der Waals surface area contributed by atoms with Crippen LogP contribution in [0.4, 0.5) is 4.39 Å². The van der Waals surface area contributed by atoms with Gasteiger partial charge in [-0.2, -0.15) is 0 Å². The zero-order chi connectivity index (χ0) is 25.5. The fraction of sp³-hybridized carbons (Fsp3) is 0.500. The molecule has 1 aromatic carbocycles. The third-order valence-corrected chi connectivity index (χ3v) is 7.74. The van der Waals surface area contributed by atoms with Crippen LogP contribution in [-0.4, -0.2) is 52.8 Å². The molecule has 5 nitrogen and oxygen atoms in total. The topological polar surface area (TPSA) is 60.9 Å². The van der Waals surface area contributed by atoms with Gasteiger partial charge in [0.05, 0.1) is 11.6 Å². The van der Waals surface area contributed by atoms with Crippen molar-refractivity contribution in [1.82, 2.24) is 9.80 Å². The van der Waals surface area contributed by atoms with Crippen LogP contribution in [0.1, 0.15) is 73.6 Å². The second-order valence-electron chi connectivity index (χ2n) is 9.33. The number of carbonyl (C=O) groups is 2. The van der Waals surface area contributed by atoms with E-state index < -0.39 is 23.5 Å². The molecule has 0 aliphatic carbocycles. The number of carbonyl (C=O) groups excluding carboxylic acids is 2. The Kier molecular flexibility index (Phi) is 9.63. The van der Waals surface area contributed by atoms with Gasteiger partial charge in [0, 0.05) is 17.0 Å². The predicted molar refractivity (Wildman–Crippen MR) is 140 cm³/mol. The fourth-order valence-corrected chi connectivity index (χ4v) is 5.55. The van der Waals surface area contributed by atoms with Gasteiger partial charge in [0.25, 0.3) is 11.7 Å². The van der Waals surface area contributed by atoms with Crippen molar-refractivity contribution in [2.45, 2.75) is 65.8 Å². The largest absolute Gasteiger partial charge is 0.507 e. The molecular formula is C28H37FN2O3S. The number of aryl methyl sites for hydroxylation is 2. The number of nitrogens with zero attached hydrogens (tertiary/aromatic N) is 2. The lowest BCUT2D eigenvalue weighted by Gasteiger charge is -2.27. The van der Waals surface area contributed by atoms with Gasteiger partial charge in [-0.1, -0.05) is 38.8 Å². The molecule has 1 amide bonds. The molecule has 3 rings (SSSR count). The van der Waals surface area contributed by atoms with Crippen LogP contribution in [0.25, 0.3) is 5.76 Å². The highest BCUT2D eigenvalue weighted by Gasteiger charge is 2.46. The number of rotatable bonds is 12. The van der Waals surface area contributed by atoms with E-state index in [-0.39, 0.29) is 16.9 Å². The zero-order valence-corrected chi connectivity index (χ0v) is 22.1. The highest BCUT2D eigenvalue weighted by atomic mass is 32.1. The number of benzene rings is 1. The summed E-state index contributed by atoms with van der Waals surface area (Å²) in [6.45, 7) is 11.3. The fourth-order valence-electron chi connectivity index (χ4n) is 4.51. The molecule has 1 saturated heterocycles. The van der Waals surface area contributed by atoms with Gasteiger partial charge in [-0.25, -0.2) is 4.39 Å². The van der Waals surface area contributed by atoms with Gasteiger partial charge in [-0.15, -0.1) is 11.3 Å². The summed E-state index contributed by atoms with van der Waals surface area (Å²) in [5, 5.41) is 13.0. The first-order valence-electron chi connectivity index (χ1n) is 12.6. The van der Waals surface area contributed by atoms with E-state index in [9.17, 15) is 19.1 Å². The van der Waals surface area contributed by atoms with Crippen molar-refractivity contribution in [2.24, 2.45) is 0 Å². The monoisotopic (exact) mass is 500 g/mol. The molecule has 0 bridgehead atoms. The Bertz CT molecular complexity index is 1070. The Morgan fingerprint density at radius 2 is 1.69 bits per heavy atom. The van der Waals surface area contributed by atoms with Gasteiger partial charge in [0.15, 0.2) is 0 Å². The molecule has 0 spiro atoms. The van der Waals surface area contributed by atoms with Gasteiger partial charge >= 0.3 is 0 Å². The van der Waals surface area contributed by atoms with Crippen LogP contribution < -0.4 is 0 Å². The summed E-state index contributed by atoms with van der Waals surface area (Å²) in [5.41, 5.74) is 1.65. The number of unbranched alkanes of at least 4 members (excludes halogenated alkanes) is 2. The van der Waals surface area contributed by atoms with Crippen molar-refractivity contribution < 1.29 is 19.1 Å². The highest BCUT2D eigenvalue weighted by Crippen LogP contribution is 2.42. The first-order chi connectivity index (χ1) is 16.8. The molecule has 0 radical (unpaired) electrons. The molecule has 190 valence electrons. The van der Waals surface area contributed by atoms with Gasteiger partial charge in [-0.05, 0) is 81.4 Å². The summed E-state index contributed by atoms with van der Waals surface area (Å²) in [6.07, 6.45) is 5.27. The maximum Gasteiger partial charge on any atom is 0.295 e. The number of amides is 1. The van der Waals surface area contributed by atoms with E-state index >= 15 is 0 Å². The third-order valence-electron chi connectivity index (χ3n) is 6.66. The lowest BCUT2D eigenvalue weighted by atomic mass is 9.98. The number of hydrogen-bond acceptors (Lipinski definition) is 5. The van der Waals surface area contributed by atoms with E-state index in [0.29, 0.717) is 12.1 Å². The molecule has 1 fully saturated rings. The van der Waals surface area contributed by atoms with Gasteiger partial charge in [0.1, 0.15) is 11.6 Å². The van der Waals surface area contributed by atoms with E-state index in [0.717, 1.165) is 62.2 Å². The molecule has 1 aliphatic heterocycles. The Morgan fingerprint density at radius 3 is 2.26 bits per heavy atom. The number of aliphatic hydroxyl groups is 1. The predicted octanol–water partition coefficient (Wildman–Crippen LogP) is 6.22. The van der Waals surface area contributed by atoms with E-state index in [1.54, 1.807) is 24.0 Å². The van der Waals surface area contributed by atoms with Crippen LogP contribution in [0.5, 0.6) is 0 Å². The molecule has 0 saturated carbocycles. The van der Waals surface area contributed by atoms with Crippen molar-refractivity contribution in [2.75, 3.05) is 26.2 Å². The van der Waals surface area contributed by atoms with Crippen molar-refractivity contribution in [1.29, 1.82) is 0 Å². The second kappa shape index (κ2) is 12.5. The number of likely N-dealkylation sites (tertiary alicyclic amines) is 1. The highest BCUT2D eigenvalue weighted by molar-refractivity contribution is 7.10. The van der Waals surface area contributed by atoms with Gasteiger partial charge in [0.2, 0.25) is 0 Å². The average Bonchev–Trinajstić information content (AvgIpc) is 3.37. The molecule has 7 heteroatoms. The number of aliphatic hydroxyl groups excluding tert-OH is 1. The van der Waals surface area contributed by atoms with Crippen LogP contribution in [-0.2, 0) is 9.59 Å². The van der Waals surface area contributed by atoms with Crippen LogP contribution in [0.15, 0.2) is 35.2 Å². The number of hydrogen-bond donors (Lipinski definition) is 1. The molecule has 1 atom stereocenters. The van der Waals surface area contributed by atoms with E-state index in [2.05, 4.69) is 18.7 Å². The van der Waals surface area contributed by atoms with Gasteiger partial charge < -0.3 is 14.9 Å². The first kappa shape index (κ1) is 27.1. The summed E-state index contributed by atoms with van der Waals surface area (Å²) in [6, 6.07) is 5.64. The molecule has 35 heavy (non-hydrogen) atoms. The maximum absolute atomic E-state index is 14.2. The Balaban J connectivity index is 1.91. The van der Waals surface area contributed by atoms with Crippen LogP contribution in [0, 0.1) is 19.7 Å². The van der Waals surface area contributed by atoms with Crippen LogP contribution in [0.2, 0.25) is 0 Å². The average molecular weight is 501 g/mol. The normalized spacial score (nSPS) is 17.7. The molecular weight excluding hydrogens is 463 g/mol. The van der Waals surface area contributed by atoms with Crippen molar-refractivity contribution in [3.63, 3.8) is 0 Å². The van der Waals surface area contributed by atoms with E-state index in [1.807, 2.05) is 18.4 Å². The summed E-state index contributed by atoms with van der Waals surface area (Å²) in [4.78, 5) is 31.2. The lowest BCUT2D eigenvalue weighted by molar-refractivity contribution is -0.139. The number of Topliss-reactive ketones (excluding diaryl/α,β-unsaturated/α-hetero) is 1. The Morgan fingerprint density at radius 1 is 1.03 bits per heavy atom. The SMILES string of the molecule is CCCCN(CCCC)CCCN1C(=O)C(=O)C(=C(O)c2ccc(C)c(F)c2)[C@H]1c1sccc1C. The molecule has 0 unspecified atom stereocenters. The smallest absolute Gasteiger partial charge is 0.295 e. The quantitative estimate of drug-likeness (QED) is 0.214. The number of thiophene rings is 1. The second-order valence-corrected chi connectivity index (χ2v) is 10.3. The summed E-state index contributed by atoms with van der Waals surface area (Å²) in [5.74, 6) is -2.11. The van der Waals surface area contributed by atoms with Crippen LogP contribution >= 0.6 is 11.3 Å². The van der Waals surface area contributed by atoms with Crippen LogP contribution in [0.3, 0.4) is 0 Å². The minimum Gasteiger partial charge on any atom is -0.507 e. The minimum absolute atomic E-state index is 0.0395. The van der Waals surface area contributed by atoms with E-state index in [4.69, 9.17) is 0 Å².